The summed E-state index contributed by atoms with van der Waals surface area (Å²) in [6.07, 6.45) is 4.98. The fourth-order valence-corrected chi connectivity index (χ4v) is 5.36. The lowest BCUT2D eigenvalue weighted by molar-refractivity contribution is -0.122. The van der Waals surface area contributed by atoms with Crippen LogP contribution < -0.4 is 16.2 Å². The van der Waals surface area contributed by atoms with Crippen LogP contribution in [0.1, 0.15) is 32.6 Å². The number of benzene rings is 1. The van der Waals surface area contributed by atoms with Crippen molar-refractivity contribution in [3.8, 4) is 0 Å². The first kappa shape index (κ1) is 18.2. The fraction of sp³-hybridized carbons (Fsp3) is 0.556. The molecule has 27 heavy (non-hydrogen) atoms. The molecule has 1 aromatic heterocycles. The van der Waals surface area contributed by atoms with Crippen LogP contribution in [0.15, 0.2) is 32.3 Å². The topological polar surface area (TPSA) is 124 Å². The molecule has 8 nitrogen and oxygen atoms in total. The van der Waals surface area contributed by atoms with E-state index in [9.17, 15) is 18.0 Å². The second-order valence-corrected chi connectivity index (χ2v) is 9.38. The van der Waals surface area contributed by atoms with Crippen LogP contribution in [0, 0.1) is 17.8 Å². The fourth-order valence-electron chi connectivity index (χ4n) is 4.83. The maximum Gasteiger partial charge on any atom is 0.420 e. The minimum absolute atomic E-state index is 0.0654. The van der Waals surface area contributed by atoms with E-state index in [1.807, 2.05) is 6.92 Å². The number of amides is 1. The average Bonchev–Trinajstić information content (AvgIpc) is 3.28. The molecule has 0 radical (unpaired) electrons. The van der Waals surface area contributed by atoms with E-state index >= 15 is 0 Å². The van der Waals surface area contributed by atoms with Crippen LogP contribution in [0.25, 0.3) is 11.1 Å². The number of nitrogens with one attached hydrogen (secondary N) is 1. The van der Waals surface area contributed by atoms with Crippen molar-refractivity contribution in [2.45, 2.75) is 50.1 Å². The van der Waals surface area contributed by atoms with Crippen molar-refractivity contribution in [2.24, 2.45) is 22.9 Å². The summed E-state index contributed by atoms with van der Waals surface area (Å²) in [5, 5.41) is 8.11. The van der Waals surface area contributed by atoms with Gasteiger partial charge in [-0.25, -0.2) is 18.4 Å². The predicted octanol–water partition coefficient (Wildman–Crippen LogP) is 1.18. The van der Waals surface area contributed by atoms with Gasteiger partial charge in [-0.15, -0.1) is 0 Å². The van der Waals surface area contributed by atoms with Gasteiger partial charge < -0.3 is 9.73 Å². The number of carbonyl (C=O) groups excluding carboxylic acids is 1. The lowest BCUT2D eigenvalue weighted by Crippen LogP contribution is -2.42. The van der Waals surface area contributed by atoms with E-state index in [0.717, 1.165) is 12.3 Å². The van der Waals surface area contributed by atoms with E-state index in [4.69, 9.17) is 9.56 Å². The Morgan fingerprint density at radius 2 is 2.15 bits per heavy atom. The number of primary sulfonamides is 1. The normalized spacial score (nSPS) is 25.8. The molecule has 2 fully saturated rings. The Bertz CT molecular complexity index is 1050. The van der Waals surface area contributed by atoms with E-state index in [1.165, 1.54) is 42.0 Å². The summed E-state index contributed by atoms with van der Waals surface area (Å²) in [6, 6.07) is 3.97. The van der Waals surface area contributed by atoms with E-state index in [0.29, 0.717) is 17.4 Å². The molecular weight excluding hydrogens is 370 g/mol. The van der Waals surface area contributed by atoms with Gasteiger partial charge in [0, 0.05) is 12.1 Å². The van der Waals surface area contributed by atoms with Crippen molar-refractivity contribution in [3.63, 3.8) is 0 Å². The molecule has 1 amide bonds. The number of hydrogen-bond donors (Lipinski definition) is 2. The Balaban J connectivity index is 1.50. The largest absolute Gasteiger partial charge is 0.420 e. The molecule has 4 atom stereocenters. The lowest BCUT2D eigenvalue weighted by Gasteiger charge is -2.28. The molecule has 0 aliphatic heterocycles. The summed E-state index contributed by atoms with van der Waals surface area (Å²) in [5.41, 5.74) is 0.440. The molecule has 1 heterocycles. The smallest absolute Gasteiger partial charge is 0.408 e. The van der Waals surface area contributed by atoms with E-state index < -0.39 is 15.8 Å². The third-order valence-electron chi connectivity index (χ3n) is 6.09. The van der Waals surface area contributed by atoms with Crippen LogP contribution in [0.3, 0.4) is 0 Å². The number of hydrogen-bond acceptors (Lipinski definition) is 5. The van der Waals surface area contributed by atoms with Gasteiger partial charge in [-0.3, -0.25) is 9.36 Å². The van der Waals surface area contributed by atoms with Crippen LogP contribution in [-0.2, 0) is 21.4 Å². The second-order valence-electron chi connectivity index (χ2n) is 7.82. The molecule has 4 rings (SSSR count). The Labute approximate surface area is 156 Å². The number of carbonyl (C=O) groups is 1. The lowest BCUT2D eigenvalue weighted by atomic mass is 9.84. The molecular formula is C18H23N3O5S. The third-order valence-corrected chi connectivity index (χ3v) is 7.00. The minimum Gasteiger partial charge on any atom is -0.408 e. The van der Waals surface area contributed by atoms with Crippen LogP contribution in [0.5, 0.6) is 0 Å². The molecule has 146 valence electrons. The number of sulfonamides is 1. The van der Waals surface area contributed by atoms with Crippen LogP contribution in [-0.4, -0.2) is 24.9 Å². The maximum atomic E-state index is 12.5. The number of nitrogens with two attached hydrogens (primary N) is 1. The highest BCUT2D eigenvalue weighted by molar-refractivity contribution is 7.89. The van der Waals surface area contributed by atoms with Crippen LogP contribution in [0.2, 0.25) is 0 Å². The Hall–Kier alpha value is -2.13. The summed E-state index contributed by atoms with van der Waals surface area (Å²) >= 11 is 0. The Morgan fingerprint density at radius 3 is 2.78 bits per heavy atom. The van der Waals surface area contributed by atoms with Crippen LogP contribution in [0.4, 0.5) is 0 Å². The molecule has 2 aliphatic carbocycles. The molecule has 0 spiro atoms. The highest BCUT2D eigenvalue weighted by atomic mass is 32.2. The van der Waals surface area contributed by atoms with E-state index in [-0.39, 0.29) is 29.0 Å². The zero-order valence-electron chi connectivity index (χ0n) is 15.1. The summed E-state index contributed by atoms with van der Waals surface area (Å²) in [6.45, 7) is 1.85. The molecule has 2 bridgehead atoms. The van der Waals surface area contributed by atoms with Crippen molar-refractivity contribution in [3.05, 3.63) is 28.7 Å². The van der Waals surface area contributed by atoms with Crippen LogP contribution >= 0.6 is 0 Å². The van der Waals surface area contributed by atoms with Gasteiger partial charge in [-0.1, -0.05) is 6.42 Å². The summed E-state index contributed by atoms with van der Waals surface area (Å²) in [5.74, 6) is 1.03. The molecule has 1 aromatic carbocycles. The standard InChI is InChI=1S/C18H23N3O5S/c1-10(14-7-11-2-3-12(14)6-11)20-17(22)9-21-15-5-4-13(27(19,24)25)8-16(15)26-18(21)23/h4-5,8,10-12,14H,2-3,6-7,9H2,1H3,(H,20,22)(H2,19,24,25). The van der Waals surface area contributed by atoms with Gasteiger partial charge in [0.1, 0.15) is 6.54 Å². The van der Waals surface area contributed by atoms with Gasteiger partial charge in [-0.05, 0) is 56.1 Å². The third kappa shape index (κ3) is 3.41. The Kier molecular flexibility index (Phi) is 4.38. The van der Waals surface area contributed by atoms with Crippen molar-refractivity contribution in [1.29, 1.82) is 0 Å². The van der Waals surface area contributed by atoms with E-state index in [2.05, 4.69) is 5.32 Å². The summed E-state index contributed by atoms with van der Waals surface area (Å²) < 4.78 is 29.2. The molecule has 9 heteroatoms. The quantitative estimate of drug-likeness (QED) is 0.789. The molecule has 2 saturated carbocycles. The summed E-state index contributed by atoms with van der Waals surface area (Å²) in [7, 11) is -3.90. The van der Waals surface area contributed by atoms with Crippen molar-refractivity contribution < 1.29 is 17.6 Å². The van der Waals surface area contributed by atoms with Gasteiger partial charge >= 0.3 is 5.76 Å². The average molecular weight is 393 g/mol. The SMILES string of the molecule is CC(NC(=O)Cn1c(=O)oc2cc(S(N)(=O)=O)ccc21)C1CC2CCC1C2. The minimum atomic E-state index is -3.90. The van der Waals surface area contributed by atoms with Crippen molar-refractivity contribution in [2.75, 3.05) is 0 Å². The monoisotopic (exact) mass is 393 g/mol. The van der Waals surface area contributed by atoms with Crippen molar-refractivity contribution in [1.82, 2.24) is 9.88 Å². The number of nitrogens with zero attached hydrogens (tertiary/aromatic N) is 1. The predicted molar refractivity (Wildman–Crippen MR) is 98.4 cm³/mol. The Morgan fingerprint density at radius 1 is 1.37 bits per heavy atom. The van der Waals surface area contributed by atoms with Gasteiger partial charge in [0.25, 0.3) is 0 Å². The van der Waals surface area contributed by atoms with Gasteiger partial charge in [0.05, 0.1) is 10.4 Å². The highest BCUT2D eigenvalue weighted by Crippen LogP contribution is 2.49. The summed E-state index contributed by atoms with van der Waals surface area (Å²) in [4.78, 5) is 24.4. The zero-order valence-corrected chi connectivity index (χ0v) is 15.9. The molecule has 4 unspecified atom stereocenters. The first-order valence-corrected chi connectivity index (χ1v) is 10.7. The number of rotatable bonds is 5. The first-order chi connectivity index (χ1) is 12.7. The van der Waals surface area contributed by atoms with Gasteiger partial charge in [0.2, 0.25) is 15.9 Å². The van der Waals surface area contributed by atoms with Crippen molar-refractivity contribution >= 4 is 27.0 Å². The molecule has 3 N–H and O–H groups in total. The molecule has 2 aliphatic rings. The number of fused-ring (bicyclic) bond motifs is 3. The zero-order chi connectivity index (χ0) is 19.3. The van der Waals surface area contributed by atoms with E-state index in [1.54, 1.807) is 0 Å². The van der Waals surface area contributed by atoms with Gasteiger partial charge in [-0.2, -0.15) is 0 Å². The first-order valence-electron chi connectivity index (χ1n) is 9.18. The molecule has 2 aromatic rings. The number of oxazole rings is 1. The maximum absolute atomic E-state index is 12.5. The molecule has 0 saturated heterocycles. The highest BCUT2D eigenvalue weighted by Gasteiger charge is 2.42. The second kappa shape index (κ2) is 6.49. The number of aromatic nitrogens is 1. The van der Waals surface area contributed by atoms with Gasteiger partial charge in [0.15, 0.2) is 5.58 Å².